The maximum Gasteiger partial charge on any atom is 0.0188 e. The van der Waals surface area contributed by atoms with Crippen LogP contribution >= 0.6 is 11.6 Å². The molecule has 1 rings (SSSR count). The second kappa shape index (κ2) is 4.13. The van der Waals surface area contributed by atoms with Gasteiger partial charge in [0.25, 0.3) is 0 Å². The molecule has 1 atom stereocenters. The van der Waals surface area contributed by atoms with Gasteiger partial charge in [-0.2, -0.15) is 0 Å². The van der Waals surface area contributed by atoms with Gasteiger partial charge in [0.1, 0.15) is 0 Å². The van der Waals surface area contributed by atoms with Gasteiger partial charge in [0.05, 0.1) is 0 Å². The fraction of sp³-hybridized carbons (Fsp3) is 0.778. The van der Waals surface area contributed by atoms with Gasteiger partial charge < -0.3 is 5.32 Å². The molecule has 2 heteroatoms. The summed E-state index contributed by atoms with van der Waals surface area (Å²) >= 11 is 6.12. The summed E-state index contributed by atoms with van der Waals surface area (Å²) in [6.45, 7) is 5.44. The molecule has 0 aromatic rings. The zero-order valence-corrected chi connectivity index (χ0v) is 8.04. The standard InChI is InChI=1S/C9H16ClN/c1-3-8-4-5-11-7(2)6-9(8)10/h7,11H,3-6H2,1-2H3. The van der Waals surface area contributed by atoms with Crippen LogP contribution in [0.4, 0.5) is 0 Å². The Balaban J connectivity index is 2.64. The molecule has 0 saturated carbocycles. The van der Waals surface area contributed by atoms with Crippen LogP contribution in [0.5, 0.6) is 0 Å². The van der Waals surface area contributed by atoms with E-state index in [9.17, 15) is 0 Å². The lowest BCUT2D eigenvalue weighted by Gasteiger charge is -2.07. The molecule has 1 aliphatic heterocycles. The van der Waals surface area contributed by atoms with Gasteiger partial charge >= 0.3 is 0 Å². The monoisotopic (exact) mass is 173 g/mol. The molecule has 1 unspecified atom stereocenters. The number of rotatable bonds is 1. The maximum atomic E-state index is 6.12. The molecule has 1 N–H and O–H groups in total. The summed E-state index contributed by atoms with van der Waals surface area (Å²) in [7, 11) is 0. The van der Waals surface area contributed by atoms with E-state index in [1.165, 1.54) is 5.57 Å². The predicted octanol–water partition coefficient (Wildman–Crippen LogP) is 2.66. The Morgan fingerprint density at radius 1 is 1.64 bits per heavy atom. The van der Waals surface area contributed by atoms with Crippen LogP contribution in [0.1, 0.15) is 33.1 Å². The van der Waals surface area contributed by atoms with Crippen LogP contribution in [0, 0.1) is 0 Å². The van der Waals surface area contributed by atoms with Gasteiger partial charge in [-0.05, 0) is 32.7 Å². The first-order chi connectivity index (χ1) is 5.24. The van der Waals surface area contributed by atoms with Gasteiger partial charge in [0, 0.05) is 11.1 Å². The highest BCUT2D eigenvalue weighted by atomic mass is 35.5. The minimum atomic E-state index is 0.548. The molecule has 0 amide bonds. The molecule has 0 aromatic heterocycles. The van der Waals surface area contributed by atoms with Crippen LogP contribution in [0.25, 0.3) is 0 Å². The van der Waals surface area contributed by atoms with Crippen molar-refractivity contribution in [2.75, 3.05) is 6.54 Å². The van der Waals surface area contributed by atoms with Gasteiger partial charge in [-0.25, -0.2) is 0 Å². The van der Waals surface area contributed by atoms with Crippen molar-refractivity contribution in [2.24, 2.45) is 0 Å². The van der Waals surface area contributed by atoms with E-state index in [4.69, 9.17) is 11.6 Å². The van der Waals surface area contributed by atoms with E-state index in [1.807, 2.05) is 0 Å². The summed E-state index contributed by atoms with van der Waals surface area (Å²) in [4.78, 5) is 0. The first-order valence-corrected chi connectivity index (χ1v) is 4.71. The Morgan fingerprint density at radius 3 is 3.00 bits per heavy atom. The van der Waals surface area contributed by atoms with E-state index in [0.29, 0.717) is 6.04 Å². The number of nitrogens with one attached hydrogen (secondary N) is 1. The highest BCUT2D eigenvalue weighted by Crippen LogP contribution is 2.23. The van der Waals surface area contributed by atoms with Crippen LogP contribution in [0.15, 0.2) is 10.6 Å². The van der Waals surface area contributed by atoms with E-state index in [2.05, 4.69) is 19.2 Å². The molecule has 0 saturated heterocycles. The predicted molar refractivity (Wildman–Crippen MR) is 49.9 cm³/mol. The van der Waals surface area contributed by atoms with Crippen molar-refractivity contribution in [1.29, 1.82) is 0 Å². The van der Waals surface area contributed by atoms with Crippen LogP contribution in [0.3, 0.4) is 0 Å². The van der Waals surface area contributed by atoms with Crippen LogP contribution in [-0.2, 0) is 0 Å². The third-order valence-electron chi connectivity index (χ3n) is 2.22. The second-order valence-corrected chi connectivity index (χ2v) is 3.63. The first kappa shape index (κ1) is 9.08. The van der Waals surface area contributed by atoms with Crippen molar-refractivity contribution >= 4 is 11.6 Å². The summed E-state index contributed by atoms with van der Waals surface area (Å²) in [5.74, 6) is 0. The molecule has 0 bridgehead atoms. The Bertz CT molecular complexity index is 163. The molecule has 0 spiro atoms. The van der Waals surface area contributed by atoms with Crippen molar-refractivity contribution < 1.29 is 0 Å². The molecule has 11 heavy (non-hydrogen) atoms. The highest BCUT2D eigenvalue weighted by molar-refractivity contribution is 6.30. The maximum absolute atomic E-state index is 6.12. The summed E-state index contributed by atoms with van der Waals surface area (Å²) in [5.41, 5.74) is 1.43. The summed E-state index contributed by atoms with van der Waals surface area (Å²) in [6.07, 6.45) is 3.23. The minimum absolute atomic E-state index is 0.548. The first-order valence-electron chi connectivity index (χ1n) is 4.33. The topological polar surface area (TPSA) is 12.0 Å². The average Bonchev–Trinajstić information content (AvgIpc) is 2.11. The third kappa shape index (κ3) is 2.49. The van der Waals surface area contributed by atoms with Gasteiger partial charge in [-0.3, -0.25) is 0 Å². The Morgan fingerprint density at radius 2 is 2.36 bits per heavy atom. The smallest absolute Gasteiger partial charge is 0.0188 e. The molecule has 64 valence electrons. The number of hydrogen-bond donors (Lipinski definition) is 1. The quantitative estimate of drug-likeness (QED) is 0.643. The van der Waals surface area contributed by atoms with Crippen LogP contribution in [0.2, 0.25) is 0 Å². The van der Waals surface area contributed by atoms with Crippen LogP contribution < -0.4 is 5.32 Å². The minimum Gasteiger partial charge on any atom is -0.314 e. The fourth-order valence-electron chi connectivity index (χ4n) is 1.46. The summed E-state index contributed by atoms with van der Waals surface area (Å²) in [6, 6.07) is 0.548. The molecular weight excluding hydrogens is 158 g/mol. The molecule has 0 radical (unpaired) electrons. The van der Waals surface area contributed by atoms with Crippen molar-refractivity contribution in [1.82, 2.24) is 5.32 Å². The second-order valence-electron chi connectivity index (χ2n) is 3.17. The number of halogens is 1. The lowest BCUT2D eigenvalue weighted by atomic mass is 10.1. The van der Waals surface area contributed by atoms with Crippen molar-refractivity contribution in [3.63, 3.8) is 0 Å². The SMILES string of the molecule is CCC1=C(Cl)CC(C)NCC1. The van der Waals surface area contributed by atoms with Crippen LogP contribution in [-0.4, -0.2) is 12.6 Å². The normalized spacial score (nSPS) is 27.0. The van der Waals surface area contributed by atoms with Gasteiger partial charge in [-0.1, -0.05) is 24.1 Å². The van der Waals surface area contributed by atoms with E-state index in [0.717, 1.165) is 30.8 Å². The molecule has 1 nitrogen and oxygen atoms in total. The zero-order chi connectivity index (χ0) is 8.27. The number of hydrogen-bond acceptors (Lipinski definition) is 1. The molecule has 0 aromatic carbocycles. The summed E-state index contributed by atoms with van der Waals surface area (Å²) < 4.78 is 0. The summed E-state index contributed by atoms with van der Waals surface area (Å²) in [5, 5.41) is 4.50. The van der Waals surface area contributed by atoms with Crippen molar-refractivity contribution in [2.45, 2.75) is 39.2 Å². The van der Waals surface area contributed by atoms with E-state index in [1.54, 1.807) is 0 Å². The fourth-order valence-corrected chi connectivity index (χ4v) is 1.92. The molecular formula is C9H16ClN. The van der Waals surface area contributed by atoms with Crippen molar-refractivity contribution in [3.05, 3.63) is 10.6 Å². The van der Waals surface area contributed by atoms with Gasteiger partial charge in [0.2, 0.25) is 0 Å². The van der Waals surface area contributed by atoms with Crippen molar-refractivity contribution in [3.8, 4) is 0 Å². The highest BCUT2D eigenvalue weighted by Gasteiger charge is 2.11. The van der Waals surface area contributed by atoms with Gasteiger partial charge in [-0.15, -0.1) is 0 Å². The van der Waals surface area contributed by atoms with E-state index >= 15 is 0 Å². The Hall–Kier alpha value is -0.0100. The average molecular weight is 174 g/mol. The largest absolute Gasteiger partial charge is 0.314 e. The molecule has 0 fully saturated rings. The van der Waals surface area contributed by atoms with E-state index in [-0.39, 0.29) is 0 Å². The lowest BCUT2D eigenvalue weighted by molar-refractivity contribution is 0.569. The van der Waals surface area contributed by atoms with E-state index < -0.39 is 0 Å². The zero-order valence-electron chi connectivity index (χ0n) is 7.28. The molecule has 0 aliphatic carbocycles. The Labute approximate surface area is 73.8 Å². The third-order valence-corrected chi connectivity index (χ3v) is 2.64. The Kier molecular flexibility index (Phi) is 3.41. The lowest BCUT2D eigenvalue weighted by Crippen LogP contribution is -2.24. The molecule has 1 heterocycles. The van der Waals surface area contributed by atoms with Gasteiger partial charge in [0.15, 0.2) is 0 Å². The molecule has 1 aliphatic rings.